The molecule has 8 heteroatoms. The van der Waals surface area contributed by atoms with Gasteiger partial charge in [0.05, 0.1) is 17.4 Å². The van der Waals surface area contributed by atoms with E-state index in [0.29, 0.717) is 42.4 Å². The summed E-state index contributed by atoms with van der Waals surface area (Å²) in [5, 5.41) is 9.50. The van der Waals surface area contributed by atoms with Gasteiger partial charge in [0, 0.05) is 45.1 Å². The SMILES string of the molecule is O=C(CCc1nnc2n(Cc3ccccc3)c(=O)c3ccccc3n12)N1CCN(C2CCCCC2)CC1. The Morgan fingerprint density at radius 3 is 2.38 bits per heavy atom. The summed E-state index contributed by atoms with van der Waals surface area (Å²) in [6.07, 6.45) is 7.51. The molecule has 0 unspecified atom stereocenters. The first-order valence-electron chi connectivity index (χ1n) is 13.6. The number of fused-ring (bicyclic) bond motifs is 3. The van der Waals surface area contributed by atoms with Crippen LogP contribution >= 0.6 is 0 Å². The van der Waals surface area contributed by atoms with E-state index >= 15 is 0 Å². The second-order valence-electron chi connectivity index (χ2n) is 10.4. The number of carbonyl (C=O) groups excluding carboxylic acids is 1. The fourth-order valence-corrected chi connectivity index (χ4v) is 6.04. The largest absolute Gasteiger partial charge is 0.340 e. The molecule has 37 heavy (non-hydrogen) atoms. The van der Waals surface area contributed by atoms with Crippen LogP contribution in [-0.2, 0) is 17.8 Å². The number of carbonyl (C=O) groups is 1. The molecule has 2 aromatic carbocycles. The van der Waals surface area contributed by atoms with Gasteiger partial charge in [-0.1, -0.05) is 61.7 Å². The summed E-state index contributed by atoms with van der Waals surface area (Å²) in [6.45, 7) is 3.96. The van der Waals surface area contributed by atoms with Gasteiger partial charge in [0.1, 0.15) is 5.82 Å². The van der Waals surface area contributed by atoms with Gasteiger partial charge in [-0.25, -0.2) is 0 Å². The lowest BCUT2D eigenvalue weighted by molar-refractivity contribution is -0.133. The lowest BCUT2D eigenvalue weighted by Crippen LogP contribution is -2.52. The molecule has 0 radical (unpaired) electrons. The average molecular weight is 499 g/mol. The predicted molar refractivity (Wildman–Crippen MR) is 144 cm³/mol. The molecule has 2 fully saturated rings. The van der Waals surface area contributed by atoms with Crippen molar-refractivity contribution in [3.05, 3.63) is 76.3 Å². The summed E-state index contributed by atoms with van der Waals surface area (Å²) in [5.41, 5.74) is 1.71. The van der Waals surface area contributed by atoms with Crippen LogP contribution in [0.25, 0.3) is 16.7 Å². The molecule has 2 aromatic heterocycles. The van der Waals surface area contributed by atoms with Crippen LogP contribution in [-0.4, -0.2) is 67.1 Å². The summed E-state index contributed by atoms with van der Waals surface area (Å²) < 4.78 is 3.63. The lowest BCUT2D eigenvalue weighted by atomic mass is 9.94. The van der Waals surface area contributed by atoms with Gasteiger partial charge in [0.25, 0.3) is 5.56 Å². The van der Waals surface area contributed by atoms with Crippen LogP contribution in [0.2, 0.25) is 0 Å². The molecule has 8 nitrogen and oxygen atoms in total. The molecule has 192 valence electrons. The van der Waals surface area contributed by atoms with Gasteiger partial charge >= 0.3 is 0 Å². The molecule has 0 spiro atoms. The molecule has 3 heterocycles. The Morgan fingerprint density at radius 1 is 0.865 bits per heavy atom. The minimum absolute atomic E-state index is 0.0854. The normalized spacial score (nSPS) is 17.6. The highest BCUT2D eigenvalue weighted by Crippen LogP contribution is 2.24. The third kappa shape index (κ3) is 4.78. The van der Waals surface area contributed by atoms with Gasteiger partial charge in [-0.05, 0) is 30.5 Å². The van der Waals surface area contributed by atoms with Crippen molar-refractivity contribution in [3.8, 4) is 0 Å². The van der Waals surface area contributed by atoms with Crippen LogP contribution in [0.5, 0.6) is 0 Å². The van der Waals surface area contributed by atoms with E-state index < -0.39 is 0 Å². The molecule has 1 amide bonds. The number of aryl methyl sites for hydroxylation is 1. The van der Waals surface area contributed by atoms with Gasteiger partial charge in [0.2, 0.25) is 11.7 Å². The van der Waals surface area contributed by atoms with E-state index in [2.05, 4.69) is 15.1 Å². The minimum atomic E-state index is -0.0854. The van der Waals surface area contributed by atoms with Gasteiger partial charge < -0.3 is 4.90 Å². The van der Waals surface area contributed by atoms with Crippen molar-refractivity contribution < 1.29 is 4.79 Å². The molecular weight excluding hydrogens is 464 g/mol. The fraction of sp³-hybridized carbons (Fsp3) is 0.448. The average Bonchev–Trinajstić information content (AvgIpc) is 3.39. The summed E-state index contributed by atoms with van der Waals surface area (Å²) in [5.74, 6) is 1.39. The van der Waals surface area contributed by atoms with E-state index in [1.165, 1.54) is 32.1 Å². The molecule has 0 N–H and O–H groups in total. The zero-order valence-electron chi connectivity index (χ0n) is 21.3. The number of aromatic nitrogens is 4. The van der Waals surface area contributed by atoms with Gasteiger partial charge in [-0.3, -0.25) is 23.5 Å². The number of para-hydroxylation sites is 1. The first-order valence-corrected chi connectivity index (χ1v) is 13.6. The summed E-state index contributed by atoms with van der Waals surface area (Å²) in [7, 11) is 0. The molecule has 1 saturated heterocycles. The van der Waals surface area contributed by atoms with Crippen molar-refractivity contribution in [2.45, 2.75) is 57.5 Å². The molecular formula is C29H34N6O2. The van der Waals surface area contributed by atoms with E-state index in [-0.39, 0.29) is 11.5 Å². The Morgan fingerprint density at radius 2 is 1.59 bits per heavy atom. The molecule has 1 aliphatic heterocycles. The van der Waals surface area contributed by atoms with Crippen molar-refractivity contribution in [2.75, 3.05) is 26.2 Å². The zero-order chi connectivity index (χ0) is 25.2. The van der Waals surface area contributed by atoms with Crippen molar-refractivity contribution in [1.29, 1.82) is 0 Å². The Bertz CT molecular complexity index is 1450. The maximum Gasteiger partial charge on any atom is 0.263 e. The van der Waals surface area contributed by atoms with Crippen LogP contribution in [0.15, 0.2) is 59.4 Å². The Hall–Kier alpha value is -3.52. The summed E-state index contributed by atoms with van der Waals surface area (Å²) >= 11 is 0. The van der Waals surface area contributed by atoms with Crippen LogP contribution in [0.1, 0.15) is 49.9 Å². The summed E-state index contributed by atoms with van der Waals surface area (Å²) in [4.78, 5) is 31.1. The molecule has 0 atom stereocenters. The molecule has 2 aliphatic rings. The Balaban J connectivity index is 1.21. The molecule has 0 bridgehead atoms. The van der Waals surface area contributed by atoms with Crippen molar-refractivity contribution in [1.82, 2.24) is 29.0 Å². The number of benzene rings is 2. The van der Waals surface area contributed by atoms with E-state index in [4.69, 9.17) is 0 Å². The molecule has 4 aromatic rings. The highest BCUT2D eigenvalue weighted by molar-refractivity contribution is 5.80. The van der Waals surface area contributed by atoms with Crippen molar-refractivity contribution in [3.63, 3.8) is 0 Å². The Kier molecular flexibility index (Phi) is 6.74. The highest BCUT2D eigenvalue weighted by Gasteiger charge is 2.27. The number of hydrogen-bond acceptors (Lipinski definition) is 5. The smallest absolute Gasteiger partial charge is 0.263 e. The second-order valence-corrected chi connectivity index (χ2v) is 10.4. The first kappa shape index (κ1) is 23.9. The quantitative estimate of drug-likeness (QED) is 0.407. The maximum absolute atomic E-state index is 13.4. The van der Waals surface area contributed by atoms with Gasteiger partial charge in [-0.2, -0.15) is 0 Å². The fourth-order valence-electron chi connectivity index (χ4n) is 6.04. The van der Waals surface area contributed by atoms with Crippen LogP contribution in [0.4, 0.5) is 0 Å². The first-order chi connectivity index (χ1) is 18.2. The maximum atomic E-state index is 13.4. The number of amides is 1. The lowest BCUT2D eigenvalue weighted by Gasteiger charge is -2.40. The molecule has 6 rings (SSSR count). The predicted octanol–water partition coefficient (Wildman–Crippen LogP) is 3.50. The number of rotatable bonds is 6. The minimum Gasteiger partial charge on any atom is -0.340 e. The third-order valence-corrected chi connectivity index (χ3v) is 8.08. The standard InChI is InChI=1S/C29H34N6O2/c36-27(33-19-17-32(18-20-33)23-11-5-2-6-12-23)16-15-26-30-31-29-34(21-22-9-3-1-4-10-22)28(37)24-13-7-8-14-25(24)35(26)29/h1,3-4,7-10,13-14,23H,2,5-6,11-12,15-21H2. The van der Waals surface area contributed by atoms with Crippen LogP contribution < -0.4 is 5.56 Å². The van der Waals surface area contributed by atoms with Crippen molar-refractivity contribution in [2.24, 2.45) is 0 Å². The van der Waals surface area contributed by atoms with E-state index in [0.717, 1.165) is 37.3 Å². The third-order valence-electron chi connectivity index (χ3n) is 8.08. The molecule has 1 saturated carbocycles. The van der Waals surface area contributed by atoms with E-state index in [1.807, 2.05) is 63.9 Å². The number of hydrogen-bond donors (Lipinski definition) is 0. The van der Waals surface area contributed by atoms with E-state index in [9.17, 15) is 9.59 Å². The van der Waals surface area contributed by atoms with Gasteiger partial charge in [0.15, 0.2) is 0 Å². The second kappa shape index (κ2) is 10.5. The van der Waals surface area contributed by atoms with Crippen LogP contribution in [0.3, 0.4) is 0 Å². The van der Waals surface area contributed by atoms with Gasteiger partial charge in [-0.15, -0.1) is 10.2 Å². The van der Waals surface area contributed by atoms with E-state index in [1.54, 1.807) is 4.57 Å². The van der Waals surface area contributed by atoms with Crippen LogP contribution in [0, 0.1) is 0 Å². The van der Waals surface area contributed by atoms with Crippen molar-refractivity contribution >= 4 is 22.6 Å². The topological polar surface area (TPSA) is 75.7 Å². The molecule has 1 aliphatic carbocycles. The highest BCUT2D eigenvalue weighted by atomic mass is 16.2. The Labute approximate surface area is 216 Å². The summed E-state index contributed by atoms with van der Waals surface area (Å²) in [6, 6.07) is 18.2. The number of nitrogens with zero attached hydrogens (tertiary/aromatic N) is 6. The monoisotopic (exact) mass is 498 g/mol. The number of piperazine rings is 1. The zero-order valence-corrected chi connectivity index (χ0v) is 21.3.